The molecule has 0 aliphatic carbocycles. The molecule has 0 amide bonds. The lowest BCUT2D eigenvalue weighted by atomic mass is 10.1. The van der Waals surface area contributed by atoms with Gasteiger partial charge in [-0.05, 0) is 37.6 Å². The quantitative estimate of drug-likeness (QED) is 0.924. The Kier molecular flexibility index (Phi) is 4.07. The van der Waals surface area contributed by atoms with Gasteiger partial charge in [-0.15, -0.1) is 0 Å². The third kappa shape index (κ3) is 2.93. The van der Waals surface area contributed by atoms with Crippen molar-refractivity contribution in [3.8, 4) is 11.8 Å². The number of anilines is 2. The predicted molar refractivity (Wildman–Crippen MR) is 91.0 cm³/mol. The monoisotopic (exact) mass is 308 g/mol. The van der Waals surface area contributed by atoms with Gasteiger partial charge in [-0.25, -0.2) is 4.98 Å². The molecule has 3 rings (SSSR count). The van der Waals surface area contributed by atoms with Crippen LogP contribution in [0.25, 0.3) is 0 Å². The second-order valence-electron chi connectivity index (χ2n) is 5.85. The summed E-state index contributed by atoms with van der Waals surface area (Å²) in [5.41, 5.74) is 3.42. The number of phenolic OH excluding ortho intramolecular Hbond substituents is 1. The average molecular weight is 308 g/mol. The molecule has 1 aliphatic rings. The van der Waals surface area contributed by atoms with Crippen LogP contribution in [-0.2, 0) is 0 Å². The zero-order valence-electron chi connectivity index (χ0n) is 13.5. The summed E-state index contributed by atoms with van der Waals surface area (Å²) in [6.07, 6.45) is 0. The molecule has 0 spiro atoms. The molecule has 0 atom stereocenters. The standard InChI is InChI=1S/C18H20N4O/c1-13-11-14(2)20-18(15(13)12-19)22-9-7-21(8-10-22)16-5-3-4-6-17(16)23/h3-6,11,23H,7-10H2,1-2H3. The topological polar surface area (TPSA) is 63.4 Å². The minimum Gasteiger partial charge on any atom is -0.506 e. The first-order chi connectivity index (χ1) is 11.1. The third-order valence-electron chi connectivity index (χ3n) is 4.24. The lowest BCUT2D eigenvalue weighted by molar-refractivity contribution is 0.472. The first-order valence-corrected chi connectivity index (χ1v) is 7.76. The van der Waals surface area contributed by atoms with Crippen LogP contribution in [0.5, 0.6) is 5.75 Å². The van der Waals surface area contributed by atoms with Crippen LogP contribution in [-0.4, -0.2) is 36.3 Å². The Morgan fingerprint density at radius 1 is 1.09 bits per heavy atom. The summed E-state index contributed by atoms with van der Waals surface area (Å²) in [5, 5.41) is 19.4. The van der Waals surface area contributed by atoms with Crippen molar-refractivity contribution in [3.63, 3.8) is 0 Å². The van der Waals surface area contributed by atoms with Gasteiger partial charge in [0.05, 0.1) is 11.3 Å². The van der Waals surface area contributed by atoms with Crippen LogP contribution >= 0.6 is 0 Å². The number of hydrogen-bond acceptors (Lipinski definition) is 5. The van der Waals surface area contributed by atoms with Gasteiger partial charge in [0.2, 0.25) is 0 Å². The van der Waals surface area contributed by atoms with E-state index in [2.05, 4.69) is 20.9 Å². The van der Waals surface area contributed by atoms with Crippen molar-refractivity contribution < 1.29 is 5.11 Å². The largest absolute Gasteiger partial charge is 0.506 e. The molecular formula is C18H20N4O. The van der Waals surface area contributed by atoms with E-state index in [1.54, 1.807) is 6.07 Å². The normalized spacial score (nSPS) is 14.7. The molecule has 5 nitrogen and oxygen atoms in total. The fourth-order valence-electron chi connectivity index (χ4n) is 3.07. The number of nitriles is 1. The van der Waals surface area contributed by atoms with Gasteiger partial charge < -0.3 is 14.9 Å². The molecule has 2 heterocycles. The predicted octanol–water partition coefficient (Wildman–Crippen LogP) is 2.60. The second kappa shape index (κ2) is 6.17. The van der Waals surface area contributed by atoms with Gasteiger partial charge in [-0.3, -0.25) is 0 Å². The zero-order valence-corrected chi connectivity index (χ0v) is 13.5. The Bertz CT molecular complexity index is 758. The van der Waals surface area contributed by atoms with Crippen LogP contribution in [0.3, 0.4) is 0 Å². The van der Waals surface area contributed by atoms with E-state index in [0.717, 1.165) is 48.9 Å². The zero-order chi connectivity index (χ0) is 16.4. The maximum Gasteiger partial charge on any atom is 0.147 e. The minimum atomic E-state index is 0.309. The highest BCUT2D eigenvalue weighted by atomic mass is 16.3. The van der Waals surface area contributed by atoms with Crippen molar-refractivity contribution in [3.05, 3.63) is 47.2 Å². The van der Waals surface area contributed by atoms with E-state index in [9.17, 15) is 10.4 Å². The molecule has 118 valence electrons. The second-order valence-corrected chi connectivity index (χ2v) is 5.85. The van der Waals surface area contributed by atoms with Crippen molar-refractivity contribution in [2.75, 3.05) is 36.0 Å². The number of benzene rings is 1. The molecule has 5 heteroatoms. The van der Waals surface area contributed by atoms with Crippen LogP contribution in [0.1, 0.15) is 16.8 Å². The Morgan fingerprint density at radius 2 is 1.74 bits per heavy atom. The first kappa shape index (κ1) is 15.2. The number of rotatable bonds is 2. The van der Waals surface area contributed by atoms with E-state index >= 15 is 0 Å². The van der Waals surface area contributed by atoms with Gasteiger partial charge in [-0.1, -0.05) is 12.1 Å². The maximum absolute atomic E-state index is 9.99. The Balaban J connectivity index is 1.80. The van der Waals surface area contributed by atoms with E-state index < -0.39 is 0 Å². The van der Waals surface area contributed by atoms with Gasteiger partial charge in [-0.2, -0.15) is 5.26 Å². The summed E-state index contributed by atoms with van der Waals surface area (Å²) in [6.45, 7) is 7.04. The van der Waals surface area contributed by atoms with Crippen molar-refractivity contribution in [1.82, 2.24) is 4.98 Å². The molecule has 0 bridgehead atoms. The molecule has 1 saturated heterocycles. The van der Waals surface area contributed by atoms with Crippen molar-refractivity contribution in [2.24, 2.45) is 0 Å². The molecule has 0 unspecified atom stereocenters. The maximum atomic E-state index is 9.99. The molecule has 2 aromatic rings. The lowest BCUT2D eigenvalue weighted by Gasteiger charge is -2.37. The van der Waals surface area contributed by atoms with Gasteiger partial charge in [0.25, 0.3) is 0 Å². The van der Waals surface area contributed by atoms with Crippen molar-refractivity contribution in [2.45, 2.75) is 13.8 Å². The van der Waals surface area contributed by atoms with Crippen LogP contribution in [0.15, 0.2) is 30.3 Å². The summed E-state index contributed by atoms with van der Waals surface area (Å²) in [7, 11) is 0. The Labute approximate surface area is 136 Å². The van der Waals surface area contributed by atoms with E-state index in [0.29, 0.717) is 11.3 Å². The van der Waals surface area contributed by atoms with E-state index in [1.165, 1.54) is 0 Å². The molecule has 23 heavy (non-hydrogen) atoms. The first-order valence-electron chi connectivity index (χ1n) is 7.76. The highest BCUT2D eigenvalue weighted by Gasteiger charge is 2.22. The number of para-hydroxylation sites is 2. The number of aryl methyl sites for hydroxylation is 2. The van der Waals surface area contributed by atoms with E-state index in [1.807, 2.05) is 38.1 Å². The molecule has 1 N–H and O–H groups in total. The number of aromatic hydroxyl groups is 1. The summed E-state index contributed by atoms with van der Waals surface area (Å²) in [4.78, 5) is 8.91. The number of nitrogens with zero attached hydrogens (tertiary/aromatic N) is 4. The molecular weight excluding hydrogens is 288 g/mol. The van der Waals surface area contributed by atoms with Crippen LogP contribution in [0.4, 0.5) is 11.5 Å². The molecule has 0 saturated carbocycles. The molecule has 0 radical (unpaired) electrons. The van der Waals surface area contributed by atoms with Gasteiger partial charge in [0, 0.05) is 31.9 Å². The molecule has 1 aromatic carbocycles. The van der Waals surface area contributed by atoms with E-state index in [4.69, 9.17) is 0 Å². The number of pyridine rings is 1. The average Bonchev–Trinajstić information content (AvgIpc) is 2.55. The Hall–Kier alpha value is -2.74. The SMILES string of the molecule is Cc1cc(C)c(C#N)c(N2CCN(c3ccccc3O)CC2)n1. The highest BCUT2D eigenvalue weighted by Crippen LogP contribution is 2.29. The lowest BCUT2D eigenvalue weighted by Crippen LogP contribution is -2.47. The van der Waals surface area contributed by atoms with Crippen molar-refractivity contribution >= 4 is 11.5 Å². The summed E-state index contributed by atoms with van der Waals surface area (Å²) in [6, 6.07) is 11.6. The highest BCUT2D eigenvalue weighted by molar-refractivity contribution is 5.61. The number of aromatic nitrogens is 1. The molecule has 1 aromatic heterocycles. The van der Waals surface area contributed by atoms with Crippen LogP contribution in [0.2, 0.25) is 0 Å². The third-order valence-corrected chi connectivity index (χ3v) is 4.24. The number of piperazine rings is 1. The fraction of sp³-hybridized carbons (Fsp3) is 0.333. The molecule has 1 aliphatic heterocycles. The Morgan fingerprint density at radius 3 is 2.39 bits per heavy atom. The van der Waals surface area contributed by atoms with Gasteiger partial charge in [0.15, 0.2) is 0 Å². The van der Waals surface area contributed by atoms with Crippen LogP contribution in [0, 0.1) is 25.2 Å². The fourth-order valence-corrected chi connectivity index (χ4v) is 3.07. The van der Waals surface area contributed by atoms with Gasteiger partial charge >= 0.3 is 0 Å². The van der Waals surface area contributed by atoms with E-state index in [-0.39, 0.29) is 0 Å². The smallest absolute Gasteiger partial charge is 0.147 e. The summed E-state index contributed by atoms with van der Waals surface area (Å²) < 4.78 is 0. The number of hydrogen-bond donors (Lipinski definition) is 1. The van der Waals surface area contributed by atoms with Crippen molar-refractivity contribution in [1.29, 1.82) is 5.26 Å². The molecule has 1 fully saturated rings. The number of phenols is 1. The summed E-state index contributed by atoms with van der Waals surface area (Å²) >= 11 is 0. The van der Waals surface area contributed by atoms with Crippen LogP contribution < -0.4 is 9.80 Å². The minimum absolute atomic E-state index is 0.309. The summed E-state index contributed by atoms with van der Waals surface area (Å²) in [5.74, 6) is 1.09. The van der Waals surface area contributed by atoms with Gasteiger partial charge in [0.1, 0.15) is 17.6 Å².